The molecule has 1 atom stereocenters. The van der Waals surface area contributed by atoms with Crippen molar-refractivity contribution in [3.05, 3.63) is 0 Å². The largest absolute Gasteiger partial charge is 0.401 e. The molecule has 2 nitrogen and oxygen atoms in total. The van der Waals surface area contributed by atoms with Crippen molar-refractivity contribution in [3.63, 3.8) is 0 Å². The molecule has 0 radical (unpaired) electrons. The van der Waals surface area contributed by atoms with Crippen molar-refractivity contribution in [1.29, 1.82) is 0 Å². The molecule has 1 aliphatic rings. The third kappa shape index (κ3) is 4.70. The van der Waals surface area contributed by atoms with E-state index in [2.05, 4.69) is 15.9 Å². The maximum atomic E-state index is 12.2. The summed E-state index contributed by atoms with van der Waals surface area (Å²) in [6, 6.07) is 0. The van der Waals surface area contributed by atoms with Gasteiger partial charge in [0.15, 0.2) is 0 Å². The molecule has 1 fully saturated rings. The summed E-state index contributed by atoms with van der Waals surface area (Å²) in [7, 11) is 0. The van der Waals surface area contributed by atoms with E-state index in [1.165, 1.54) is 4.90 Å². The zero-order chi connectivity index (χ0) is 11.7. The summed E-state index contributed by atoms with van der Waals surface area (Å²) in [4.78, 5) is 1.40. The molecule has 6 heteroatoms. The van der Waals surface area contributed by atoms with Crippen molar-refractivity contribution in [2.24, 2.45) is 0 Å². The van der Waals surface area contributed by atoms with Gasteiger partial charge in [-0.1, -0.05) is 15.9 Å². The second kappa shape index (κ2) is 4.59. The third-order valence-electron chi connectivity index (χ3n) is 2.13. The molecule has 1 heterocycles. The number of hydrogen-bond donors (Lipinski definition) is 0. The summed E-state index contributed by atoms with van der Waals surface area (Å²) >= 11 is 3.24. The molecule has 0 aromatic rings. The summed E-state index contributed by atoms with van der Waals surface area (Å²) in [5.41, 5.74) is -0.512. The molecule has 0 bridgehead atoms. The smallest absolute Gasteiger partial charge is 0.369 e. The molecule has 0 aromatic carbocycles. The number of rotatable bonds is 2. The summed E-state index contributed by atoms with van der Waals surface area (Å²) in [5, 5.41) is 0.560. The average Bonchev–Trinajstić information content (AvgIpc) is 1.97. The van der Waals surface area contributed by atoms with E-state index in [1.54, 1.807) is 0 Å². The molecule has 0 aromatic heterocycles. The molecular formula is C9H15BrF3NO. The molecule has 1 unspecified atom stereocenters. The van der Waals surface area contributed by atoms with Gasteiger partial charge >= 0.3 is 6.18 Å². The van der Waals surface area contributed by atoms with Crippen LogP contribution < -0.4 is 0 Å². The Kier molecular flexibility index (Phi) is 4.06. The van der Waals surface area contributed by atoms with Gasteiger partial charge in [-0.3, -0.25) is 4.90 Å². The zero-order valence-corrected chi connectivity index (χ0v) is 10.4. The molecule has 1 aliphatic heterocycles. The lowest BCUT2D eigenvalue weighted by atomic mass is 10.1. The van der Waals surface area contributed by atoms with Crippen LogP contribution in [0.15, 0.2) is 0 Å². The van der Waals surface area contributed by atoms with E-state index in [-0.39, 0.29) is 6.10 Å². The van der Waals surface area contributed by atoms with Crippen LogP contribution in [-0.2, 0) is 4.74 Å². The molecule has 0 aliphatic carbocycles. The fourth-order valence-corrected chi connectivity index (χ4v) is 2.21. The Hall–Kier alpha value is 0.190. The summed E-state index contributed by atoms with van der Waals surface area (Å²) in [6.07, 6.45) is -4.30. The minimum absolute atomic E-state index is 0.170. The minimum Gasteiger partial charge on any atom is -0.369 e. The molecule has 0 saturated carbocycles. The van der Waals surface area contributed by atoms with Crippen LogP contribution in [0.2, 0.25) is 0 Å². The minimum atomic E-state index is -4.13. The lowest BCUT2D eigenvalue weighted by Gasteiger charge is -2.42. The van der Waals surface area contributed by atoms with Crippen molar-refractivity contribution >= 4 is 15.9 Å². The van der Waals surface area contributed by atoms with E-state index in [9.17, 15) is 13.2 Å². The first-order chi connectivity index (χ1) is 6.72. The lowest BCUT2D eigenvalue weighted by Crippen LogP contribution is -2.55. The van der Waals surface area contributed by atoms with E-state index in [4.69, 9.17) is 4.74 Å². The normalized spacial score (nSPS) is 28.0. The molecule has 90 valence electrons. The van der Waals surface area contributed by atoms with Gasteiger partial charge in [0.25, 0.3) is 0 Å². The number of hydrogen-bond acceptors (Lipinski definition) is 2. The summed E-state index contributed by atoms with van der Waals surface area (Å²) in [6.45, 7) is 3.41. The van der Waals surface area contributed by atoms with Gasteiger partial charge < -0.3 is 4.74 Å². The van der Waals surface area contributed by atoms with Crippen molar-refractivity contribution in [2.75, 3.05) is 25.0 Å². The average molecular weight is 290 g/mol. The van der Waals surface area contributed by atoms with Crippen LogP contribution in [-0.4, -0.2) is 47.7 Å². The molecule has 0 amide bonds. The maximum absolute atomic E-state index is 12.2. The maximum Gasteiger partial charge on any atom is 0.401 e. The highest BCUT2D eigenvalue weighted by atomic mass is 79.9. The predicted molar refractivity (Wildman–Crippen MR) is 55.2 cm³/mol. The molecule has 1 rings (SSSR count). The van der Waals surface area contributed by atoms with Crippen LogP contribution in [0.3, 0.4) is 0 Å². The van der Waals surface area contributed by atoms with E-state index >= 15 is 0 Å². The topological polar surface area (TPSA) is 12.5 Å². The fourth-order valence-electron chi connectivity index (χ4n) is 1.87. The van der Waals surface area contributed by atoms with Gasteiger partial charge in [-0.25, -0.2) is 0 Å². The first kappa shape index (κ1) is 13.3. The van der Waals surface area contributed by atoms with Gasteiger partial charge in [0, 0.05) is 18.4 Å². The van der Waals surface area contributed by atoms with Gasteiger partial charge in [0.2, 0.25) is 0 Å². The van der Waals surface area contributed by atoms with Gasteiger partial charge in [0.05, 0.1) is 18.2 Å². The number of nitrogens with zero attached hydrogens (tertiary/aromatic N) is 1. The Bertz CT molecular complexity index is 218. The fraction of sp³-hybridized carbons (Fsp3) is 1.00. The number of halogens is 4. The highest BCUT2D eigenvalue weighted by molar-refractivity contribution is 9.09. The first-order valence-electron chi connectivity index (χ1n) is 4.75. The zero-order valence-electron chi connectivity index (χ0n) is 8.77. The first-order valence-corrected chi connectivity index (χ1v) is 5.87. The van der Waals surface area contributed by atoms with E-state index in [0.29, 0.717) is 18.4 Å². The SMILES string of the molecule is CC1(C)CN(CC(F)(F)F)CC(CBr)O1. The number of morpholine rings is 1. The highest BCUT2D eigenvalue weighted by Crippen LogP contribution is 2.25. The standard InChI is InChI=1S/C9H15BrF3NO/c1-8(2)5-14(6-9(11,12)13)4-7(3-10)15-8/h7H,3-6H2,1-2H3. The molecule has 15 heavy (non-hydrogen) atoms. The summed E-state index contributed by atoms with van der Waals surface area (Å²) < 4.78 is 42.3. The van der Waals surface area contributed by atoms with Gasteiger partial charge in [-0.05, 0) is 13.8 Å². The molecular weight excluding hydrogens is 275 g/mol. The Morgan fingerprint density at radius 1 is 1.47 bits per heavy atom. The number of ether oxygens (including phenoxy) is 1. The van der Waals surface area contributed by atoms with Crippen LogP contribution >= 0.6 is 15.9 Å². The highest BCUT2D eigenvalue weighted by Gasteiger charge is 2.38. The van der Waals surface area contributed by atoms with E-state index < -0.39 is 18.3 Å². The van der Waals surface area contributed by atoms with Gasteiger partial charge in [0.1, 0.15) is 0 Å². The van der Waals surface area contributed by atoms with Crippen LogP contribution in [0.5, 0.6) is 0 Å². The quantitative estimate of drug-likeness (QED) is 0.724. The molecule has 0 spiro atoms. The Balaban J connectivity index is 2.58. The monoisotopic (exact) mass is 289 g/mol. The van der Waals surface area contributed by atoms with Gasteiger partial charge in [-0.15, -0.1) is 0 Å². The molecule has 0 N–H and O–H groups in total. The molecule has 1 saturated heterocycles. The van der Waals surface area contributed by atoms with E-state index in [0.717, 1.165) is 0 Å². The second-order valence-electron chi connectivity index (χ2n) is 4.44. The Labute approximate surface area is 95.9 Å². The number of alkyl halides is 4. The predicted octanol–water partition coefficient (Wildman–Crippen LogP) is 2.42. The Morgan fingerprint density at radius 3 is 2.53 bits per heavy atom. The van der Waals surface area contributed by atoms with Crippen molar-refractivity contribution in [1.82, 2.24) is 4.90 Å². The van der Waals surface area contributed by atoms with Crippen molar-refractivity contribution in [2.45, 2.75) is 31.7 Å². The Morgan fingerprint density at radius 2 is 2.07 bits per heavy atom. The second-order valence-corrected chi connectivity index (χ2v) is 5.09. The summed E-state index contributed by atoms with van der Waals surface area (Å²) in [5.74, 6) is 0. The van der Waals surface area contributed by atoms with Gasteiger partial charge in [-0.2, -0.15) is 13.2 Å². The third-order valence-corrected chi connectivity index (χ3v) is 2.85. The lowest BCUT2D eigenvalue weighted by molar-refractivity contribution is -0.181. The van der Waals surface area contributed by atoms with Crippen LogP contribution in [0, 0.1) is 0 Å². The van der Waals surface area contributed by atoms with Crippen LogP contribution in [0.4, 0.5) is 13.2 Å². The van der Waals surface area contributed by atoms with Crippen LogP contribution in [0.25, 0.3) is 0 Å². The van der Waals surface area contributed by atoms with Crippen molar-refractivity contribution in [3.8, 4) is 0 Å². The van der Waals surface area contributed by atoms with Crippen molar-refractivity contribution < 1.29 is 17.9 Å². The van der Waals surface area contributed by atoms with E-state index in [1.807, 2.05) is 13.8 Å². The van der Waals surface area contributed by atoms with Crippen LogP contribution in [0.1, 0.15) is 13.8 Å².